The highest BCUT2D eigenvalue weighted by atomic mass is 16.6. The Kier molecular flexibility index (Phi) is 7.03. The van der Waals surface area contributed by atoms with E-state index < -0.39 is 16.8 Å². The van der Waals surface area contributed by atoms with Crippen molar-refractivity contribution in [2.45, 2.75) is 6.92 Å². The number of carbonyl (C=O) groups excluding carboxylic acids is 2. The summed E-state index contributed by atoms with van der Waals surface area (Å²) in [4.78, 5) is 32.8. The SMILES string of the molecule is COc1cc(/C=N/NC(=O)COc2ccc([N+](=O)[O-])cc2)ccc1OC(C)=O. The van der Waals surface area contributed by atoms with E-state index >= 15 is 0 Å². The van der Waals surface area contributed by atoms with Gasteiger partial charge in [0.2, 0.25) is 0 Å². The van der Waals surface area contributed by atoms with Gasteiger partial charge in [0.1, 0.15) is 5.75 Å². The fourth-order valence-electron chi connectivity index (χ4n) is 2.03. The molecular weight excluding hydrogens is 370 g/mol. The largest absolute Gasteiger partial charge is 0.493 e. The van der Waals surface area contributed by atoms with E-state index in [1.807, 2.05) is 0 Å². The molecule has 0 spiro atoms. The van der Waals surface area contributed by atoms with Gasteiger partial charge < -0.3 is 14.2 Å². The molecule has 0 fully saturated rings. The van der Waals surface area contributed by atoms with Crippen LogP contribution in [0.15, 0.2) is 47.6 Å². The molecule has 1 N–H and O–H groups in total. The van der Waals surface area contributed by atoms with Crippen LogP contribution in [0.25, 0.3) is 0 Å². The summed E-state index contributed by atoms with van der Waals surface area (Å²) in [5.74, 6) is -0.0618. The second-order valence-electron chi connectivity index (χ2n) is 5.34. The van der Waals surface area contributed by atoms with Crippen LogP contribution >= 0.6 is 0 Å². The number of nitro groups is 1. The second kappa shape index (κ2) is 9.67. The Hall–Kier alpha value is -3.95. The predicted octanol–water partition coefficient (Wildman–Crippen LogP) is 2.06. The minimum atomic E-state index is -0.529. The minimum absolute atomic E-state index is 0.0726. The first kappa shape index (κ1) is 20.4. The van der Waals surface area contributed by atoms with Gasteiger partial charge in [-0.2, -0.15) is 5.10 Å². The quantitative estimate of drug-likeness (QED) is 0.241. The molecule has 2 rings (SSSR count). The lowest BCUT2D eigenvalue weighted by atomic mass is 10.2. The molecule has 0 aliphatic rings. The Labute approximate surface area is 159 Å². The summed E-state index contributed by atoms with van der Waals surface area (Å²) in [5.41, 5.74) is 2.82. The van der Waals surface area contributed by atoms with Crippen LogP contribution in [-0.4, -0.2) is 36.7 Å². The number of carbonyl (C=O) groups is 2. The molecule has 0 radical (unpaired) electrons. The first-order chi connectivity index (χ1) is 13.4. The number of benzene rings is 2. The highest BCUT2D eigenvalue weighted by molar-refractivity contribution is 5.84. The van der Waals surface area contributed by atoms with Gasteiger partial charge in [-0.1, -0.05) is 0 Å². The molecule has 10 heteroatoms. The van der Waals surface area contributed by atoms with Crippen molar-refractivity contribution in [1.82, 2.24) is 5.43 Å². The summed E-state index contributed by atoms with van der Waals surface area (Å²) in [6.45, 7) is 0.965. The second-order valence-corrected chi connectivity index (χ2v) is 5.34. The van der Waals surface area contributed by atoms with E-state index in [-0.39, 0.29) is 18.0 Å². The molecule has 0 aliphatic heterocycles. The zero-order valence-corrected chi connectivity index (χ0v) is 15.1. The van der Waals surface area contributed by atoms with E-state index in [0.717, 1.165) is 0 Å². The summed E-state index contributed by atoms with van der Waals surface area (Å²) in [5, 5.41) is 14.4. The zero-order valence-electron chi connectivity index (χ0n) is 15.1. The van der Waals surface area contributed by atoms with Crippen molar-refractivity contribution in [3.63, 3.8) is 0 Å². The average Bonchev–Trinajstić information content (AvgIpc) is 2.67. The minimum Gasteiger partial charge on any atom is -0.493 e. The highest BCUT2D eigenvalue weighted by Crippen LogP contribution is 2.27. The van der Waals surface area contributed by atoms with Gasteiger partial charge in [-0.25, -0.2) is 5.43 Å². The Morgan fingerprint density at radius 3 is 2.50 bits per heavy atom. The summed E-state index contributed by atoms with van der Waals surface area (Å²) in [7, 11) is 1.43. The van der Waals surface area contributed by atoms with Crippen LogP contribution in [-0.2, 0) is 9.59 Å². The Morgan fingerprint density at radius 2 is 1.89 bits per heavy atom. The molecule has 28 heavy (non-hydrogen) atoms. The number of hydrogen-bond donors (Lipinski definition) is 1. The van der Waals surface area contributed by atoms with Gasteiger partial charge in [0.05, 0.1) is 18.2 Å². The van der Waals surface area contributed by atoms with Crippen molar-refractivity contribution in [1.29, 1.82) is 0 Å². The number of non-ortho nitro benzene ring substituents is 1. The van der Waals surface area contributed by atoms with Crippen LogP contribution in [0, 0.1) is 10.1 Å². The van der Waals surface area contributed by atoms with E-state index in [1.165, 1.54) is 44.5 Å². The van der Waals surface area contributed by atoms with E-state index in [9.17, 15) is 19.7 Å². The molecule has 0 saturated heterocycles. The van der Waals surface area contributed by atoms with Gasteiger partial charge in [0.15, 0.2) is 18.1 Å². The van der Waals surface area contributed by atoms with Crippen molar-refractivity contribution in [3.8, 4) is 17.2 Å². The Balaban J connectivity index is 1.87. The van der Waals surface area contributed by atoms with Crippen LogP contribution in [0.3, 0.4) is 0 Å². The van der Waals surface area contributed by atoms with Crippen molar-refractivity contribution in [3.05, 3.63) is 58.1 Å². The maximum Gasteiger partial charge on any atom is 0.308 e. The van der Waals surface area contributed by atoms with E-state index in [0.29, 0.717) is 17.1 Å². The average molecular weight is 387 g/mol. The third-order valence-electron chi connectivity index (χ3n) is 3.26. The molecule has 2 aromatic rings. The Bertz CT molecular complexity index is 895. The predicted molar refractivity (Wildman–Crippen MR) is 98.6 cm³/mol. The number of hydrazone groups is 1. The van der Waals surface area contributed by atoms with Crippen molar-refractivity contribution < 1.29 is 28.7 Å². The third-order valence-corrected chi connectivity index (χ3v) is 3.26. The lowest BCUT2D eigenvalue weighted by molar-refractivity contribution is -0.384. The Morgan fingerprint density at radius 1 is 1.18 bits per heavy atom. The van der Waals surface area contributed by atoms with Gasteiger partial charge in [0.25, 0.3) is 11.6 Å². The third kappa shape index (κ3) is 6.09. The van der Waals surface area contributed by atoms with Crippen molar-refractivity contribution >= 4 is 23.8 Å². The monoisotopic (exact) mass is 387 g/mol. The molecular formula is C18H17N3O7. The maximum absolute atomic E-state index is 11.7. The van der Waals surface area contributed by atoms with E-state index in [2.05, 4.69) is 10.5 Å². The van der Waals surface area contributed by atoms with Gasteiger partial charge in [0, 0.05) is 19.1 Å². The summed E-state index contributed by atoms with van der Waals surface area (Å²) in [6.07, 6.45) is 1.38. The number of ether oxygens (including phenoxy) is 3. The van der Waals surface area contributed by atoms with Gasteiger partial charge in [-0.15, -0.1) is 0 Å². The normalized spacial score (nSPS) is 10.4. The highest BCUT2D eigenvalue weighted by Gasteiger charge is 2.08. The molecule has 0 aromatic heterocycles. The number of methoxy groups -OCH3 is 1. The zero-order chi connectivity index (χ0) is 20.5. The molecule has 146 valence electrons. The maximum atomic E-state index is 11.7. The first-order valence-corrected chi connectivity index (χ1v) is 7.94. The number of esters is 1. The molecule has 0 bridgehead atoms. The number of nitrogens with one attached hydrogen (secondary N) is 1. The lowest BCUT2D eigenvalue weighted by Crippen LogP contribution is -2.24. The van der Waals surface area contributed by atoms with Crippen LogP contribution in [0.4, 0.5) is 5.69 Å². The van der Waals surface area contributed by atoms with Crippen LogP contribution in [0.5, 0.6) is 17.2 Å². The van der Waals surface area contributed by atoms with Gasteiger partial charge in [-0.05, 0) is 35.9 Å². The smallest absolute Gasteiger partial charge is 0.308 e. The summed E-state index contributed by atoms with van der Waals surface area (Å²) < 4.78 is 15.4. The van der Waals surface area contributed by atoms with E-state index in [4.69, 9.17) is 14.2 Å². The molecule has 0 aliphatic carbocycles. The van der Waals surface area contributed by atoms with Crippen LogP contribution in [0.1, 0.15) is 12.5 Å². The first-order valence-electron chi connectivity index (χ1n) is 7.94. The topological polar surface area (TPSA) is 129 Å². The van der Waals surface area contributed by atoms with Crippen molar-refractivity contribution in [2.75, 3.05) is 13.7 Å². The number of rotatable bonds is 8. The van der Waals surface area contributed by atoms with Crippen molar-refractivity contribution in [2.24, 2.45) is 5.10 Å². The van der Waals surface area contributed by atoms with Crippen LogP contribution in [0.2, 0.25) is 0 Å². The number of nitro benzene ring substituents is 1. The number of nitrogens with zero attached hydrogens (tertiary/aromatic N) is 2. The fraction of sp³-hybridized carbons (Fsp3) is 0.167. The standard InChI is InChI=1S/C18H17N3O7/c1-12(22)28-16-8-3-13(9-17(16)26-2)10-19-20-18(23)11-27-15-6-4-14(5-7-15)21(24)25/h3-10H,11H2,1-2H3,(H,20,23)/b19-10+. The van der Waals surface area contributed by atoms with Gasteiger partial charge >= 0.3 is 5.97 Å². The lowest BCUT2D eigenvalue weighted by Gasteiger charge is -2.08. The van der Waals surface area contributed by atoms with Gasteiger partial charge in [-0.3, -0.25) is 19.7 Å². The molecule has 0 unspecified atom stereocenters. The molecule has 0 atom stereocenters. The van der Waals surface area contributed by atoms with E-state index in [1.54, 1.807) is 18.2 Å². The number of hydrogen-bond acceptors (Lipinski definition) is 8. The molecule has 0 heterocycles. The molecule has 10 nitrogen and oxygen atoms in total. The number of amides is 1. The van der Waals surface area contributed by atoms with Crippen LogP contribution < -0.4 is 19.6 Å². The fourth-order valence-corrected chi connectivity index (χ4v) is 2.03. The molecule has 0 saturated carbocycles. The summed E-state index contributed by atoms with van der Waals surface area (Å²) in [6, 6.07) is 10.1. The molecule has 2 aromatic carbocycles. The summed E-state index contributed by atoms with van der Waals surface area (Å²) >= 11 is 0. The molecule has 1 amide bonds.